The molecule has 0 fully saturated rings. The number of nitrogens with zero attached hydrogens (tertiary/aromatic N) is 1. The van der Waals surface area contributed by atoms with Gasteiger partial charge in [-0.1, -0.05) is 0 Å². The second-order valence-electron chi connectivity index (χ2n) is 6.12. The molecule has 1 N–H and O–H groups in total. The van der Waals surface area contributed by atoms with Gasteiger partial charge in [-0.15, -0.1) is 11.3 Å². The van der Waals surface area contributed by atoms with Crippen LogP contribution in [-0.2, 0) is 11.2 Å². The number of aromatic nitrogens is 1. The number of anilines is 1. The maximum Gasteiger partial charge on any atom is 0.230 e. The van der Waals surface area contributed by atoms with Crippen molar-refractivity contribution in [3.05, 3.63) is 53.5 Å². The number of ether oxygens (including phenoxy) is 3. The van der Waals surface area contributed by atoms with Gasteiger partial charge >= 0.3 is 0 Å². The molecule has 1 amide bonds. The Morgan fingerprint density at radius 3 is 2.45 bits per heavy atom. The molecular formula is C22H24N2O4S. The van der Waals surface area contributed by atoms with Crippen LogP contribution in [0.15, 0.2) is 47.8 Å². The highest BCUT2D eigenvalue weighted by atomic mass is 32.1. The summed E-state index contributed by atoms with van der Waals surface area (Å²) in [6.07, 6.45) is 0.178. The Bertz CT molecular complexity index is 954. The zero-order valence-electron chi connectivity index (χ0n) is 16.7. The molecule has 152 valence electrons. The van der Waals surface area contributed by atoms with E-state index in [4.69, 9.17) is 14.2 Å². The molecule has 6 nitrogen and oxygen atoms in total. The van der Waals surface area contributed by atoms with Crippen LogP contribution in [0, 0.1) is 0 Å². The Labute approximate surface area is 174 Å². The fourth-order valence-electron chi connectivity index (χ4n) is 2.76. The summed E-state index contributed by atoms with van der Waals surface area (Å²) >= 11 is 1.51. The summed E-state index contributed by atoms with van der Waals surface area (Å²) < 4.78 is 16.3. The predicted octanol–water partition coefficient (Wildman–Crippen LogP) is 4.80. The monoisotopic (exact) mass is 412 g/mol. The van der Waals surface area contributed by atoms with E-state index < -0.39 is 0 Å². The lowest BCUT2D eigenvalue weighted by atomic mass is 10.2. The molecule has 1 aromatic heterocycles. The molecule has 2 aromatic carbocycles. The number of carbonyl (C=O) groups excluding carboxylic acids is 1. The molecule has 3 aromatic rings. The number of nitrogens with one attached hydrogen (secondary N) is 1. The number of methoxy groups -OCH3 is 1. The van der Waals surface area contributed by atoms with Gasteiger partial charge in [-0.3, -0.25) is 4.79 Å². The van der Waals surface area contributed by atoms with E-state index in [9.17, 15) is 4.79 Å². The van der Waals surface area contributed by atoms with E-state index >= 15 is 0 Å². The SMILES string of the molecule is CCOc1ccc(OCC)c(NC(=O)Cc2csc(-c3ccc(OC)cc3)n2)c1. The lowest BCUT2D eigenvalue weighted by Crippen LogP contribution is -2.15. The summed E-state index contributed by atoms with van der Waals surface area (Å²) in [6, 6.07) is 13.1. The molecule has 0 unspecified atom stereocenters. The molecule has 0 radical (unpaired) electrons. The van der Waals surface area contributed by atoms with Crippen LogP contribution < -0.4 is 19.5 Å². The largest absolute Gasteiger partial charge is 0.497 e. The quantitative estimate of drug-likeness (QED) is 0.547. The highest BCUT2D eigenvalue weighted by Gasteiger charge is 2.13. The fourth-order valence-corrected chi connectivity index (χ4v) is 3.58. The van der Waals surface area contributed by atoms with Gasteiger partial charge in [0.25, 0.3) is 0 Å². The van der Waals surface area contributed by atoms with Gasteiger partial charge in [0.15, 0.2) is 0 Å². The van der Waals surface area contributed by atoms with E-state index in [2.05, 4.69) is 10.3 Å². The van der Waals surface area contributed by atoms with Crippen molar-refractivity contribution < 1.29 is 19.0 Å². The zero-order chi connectivity index (χ0) is 20.6. The number of thiazole rings is 1. The van der Waals surface area contributed by atoms with E-state index in [0.29, 0.717) is 30.4 Å². The third-order valence-electron chi connectivity index (χ3n) is 4.07. The summed E-state index contributed by atoms with van der Waals surface area (Å²) in [5.41, 5.74) is 2.30. The summed E-state index contributed by atoms with van der Waals surface area (Å²) in [7, 11) is 1.64. The summed E-state index contributed by atoms with van der Waals surface area (Å²) in [5, 5.41) is 5.68. The van der Waals surface area contributed by atoms with Gasteiger partial charge in [-0.25, -0.2) is 4.98 Å². The molecule has 0 aliphatic carbocycles. The minimum atomic E-state index is -0.161. The molecule has 7 heteroatoms. The summed E-state index contributed by atoms with van der Waals surface area (Å²) in [4.78, 5) is 17.2. The Morgan fingerprint density at radius 1 is 1.03 bits per heavy atom. The molecule has 29 heavy (non-hydrogen) atoms. The van der Waals surface area contributed by atoms with Gasteiger partial charge in [0.1, 0.15) is 22.3 Å². The number of rotatable bonds is 9. The summed E-state index contributed by atoms with van der Waals surface area (Å²) in [5.74, 6) is 1.93. The van der Waals surface area contributed by atoms with Gasteiger partial charge < -0.3 is 19.5 Å². The normalized spacial score (nSPS) is 10.4. The molecule has 1 heterocycles. The van der Waals surface area contributed by atoms with Crippen LogP contribution in [0.2, 0.25) is 0 Å². The van der Waals surface area contributed by atoms with Crippen molar-refractivity contribution >= 4 is 22.9 Å². The molecule has 0 atom stereocenters. The lowest BCUT2D eigenvalue weighted by molar-refractivity contribution is -0.115. The smallest absolute Gasteiger partial charge is 0.230 e. The van der Waals surface area contributed by atoms with Crippen molar-refractivity contribution in [2.24, 2.45) is 0 Å². The third kappa shape index (κ3) is 5.48. The predicted molar refractivity (Wildman–Crippen MR) is 115 cm³/mol. The van der Waals surface area contributed by atoms with Gasteiger partial charge in [0, 0.05) is 17.0 Å². The molecule has 3 rings (SSSR count). The second kappa shape index (κ2) is 9.93. The maximum absolute atomic E-state index is 12.6. The van der Waals surface area contributed by atoms with Crippen LogP contribution in [0.3, 0.4) is 0 Å². The Kier molecular flexibility index (Phi) is 7.08. The van der Waals surface area contributed by atoms with Crippen molar-refractivity contribution in [3.63, 3.8) is 0 Å². The van der Waals surface area contributed by atoms with Gasteiger partial charge in [-0.05, 0) is 50.2 Å². The number of benzene rings is 2. The topological polar surface area (TPSA) is 69.7 Å². The molecule has 0 aliphatic heterocycles. The minimum Gasteiger partial charge on any atom is -0.497 e. The second-order valence-corrected chi connectivity index (χ2v) is 6.98. The van der Waals surface area contributed by atoms with Crippen molar-refractivity contribution in [1.29, 1.82) is 0 Å². The highest BCUT2D eigenvalue weighted by Crippen LogP contribution is 2.30. The molecule has 0 aliphatic rings. The summed E-state index contributed by atoms with van der Waals surface area (Å²) in [6.45, 7) is 4.87. The van der Waals surface area contributed by atoms with E-state index in [-0.39, 0.29) is 12.3 Å². The van der Waals surface area contributed by atoms with E-state index in [1.807, 2.05) is 49.6 Å². The van der Waals surface area contributed by atoms with Gasteiger partial charge in [0.05, 0.1) is 38.1 Å². The van der Waals surface area contributed by atoms with Crippen molar-refractivity contribution in [3.8, 4) is 27.8 Å². The number of hydrogen-bond acceptors (Lipinski definition) is 6. The minimum absolute atomic E-state index is 0.161. The first-order valence-corrected chi connectivity index (χ1v) is 10.3. The highest BCUT2D eigenvalue weighted by molar-refractivity contribution is 7.13. The number of hydrogen-bond donors (Lipinski definition) is 1. The molecule has 0 saturated carbocycles. The standard InChI is InChI=1S/C22H24N2O4S/c1-4-27-18-10-11-20(28-5-2)19(13-18)24-21(25)12-16-14-29-22(23-16)15-6-8-17(26-3)9-7-15/h6-11,13-14H,4-5,12H2,1-3H3,(H,24,25). The molecule has 0 spiro atoms. The average Bonchev–Trinajstić information content (AvgIpc) is 3.18. The van der Waals surface area contributed by atoms with Crippen molar-refractivity contribution in [1.82, 2.24) is 4.98 Å². The van der Waals surface area contributed by atoms with E-state index in [0.717, 1.165) is 22.0 Å². The van der Waals surface area contributed by atoms with Crippen LogP contribution in [0.1, 0.15) is 19.5 Å². The third-order valence-corrected chi connectivity index (χ3v) is 5.01. The van der Waals surface area contributed by atoms with Crippen LogP contribution in [0.4, 0.5) is 5.69 Å². The fraction of sp³-hybridized carbons (Fsp3) is 0.273. The maximum atomic E-state index is 12.6. The van der Waals surface area contributed by atoms with E-state index in [1.54, 1.807) is 19.2 Å². The van der Waals surface area contributed by atoms with Crippen LogP contribution in [-0.4, -0.2) is 31.2 Å². The van der Waals surface area contributed by atoms with Crippen LogP contribution >= 0.6 is 11.3 Å². The number of carbonyl (C=O) groups is 1. The first kappa shape index (κ1) is 20.7. The first-order valence-electron chi connectivity index (χ1n) is 9.41. The molecule has 0 saturated heterocycles. The van der Waals surface area contributed by atoms with Crippen LogP contribution in [0.5, 0.6) is 17.2 Å². The molecular weight excluding hydrogens is 388 g/mol. The Morgan fingerprint density at radius 2 is 1.76 bits per heavy atom. The Balaban J connectivity index is 1.69. The lowest BCUT2D eigenvalue weighted by Gasteiger charge is -2.13. The zero-order valence-corrected chi connectivity index (χ0v) is 17.5. The van der Waals surface area contributed by atoms with Crippen molar-refractivity contribution in [2.45, 2.75) is 20.3 Å². The first-order chi connectivity index (χ1) is 14.1. The number of amides is 1. The van der Waals surface area contributed by atoms with E-state index in [1.165, 1.54) is 11.3 Å². The van der Waals surface area contributed by atoms with Crippen molar-refractivity contribution in [2.75, 3.05) is 25.6 Å². The van der Waals surface area contributed by atoms with Gasteiger partial charge in [-0.2, -0.15) is 0 Å². The van der Waals surface area contributed by atoms with Crippen LogP contribution in [0.25, 0.3) is 10.6 Å². The van der Waals surface area contributed by atoms with Gasteiger partial charge in [0.2, 0.25) is 5.91 Å². The molecule has 0 bridgehead atoms. The Hall–Kier alpha value is -3.06. The average molecular weight is 413 g/mol.